The van der Waals surface area contributed by atoms with E-state index in [9.17, 15) is 4.57 Å². The van der Waals surface area contributed by atoms with E-state index >= 15 is 0 Å². The van der Waals surface area contributed by atoms with Crippen molar-refractivity contribution in [2.45, 2.75) is 0 Å². The molecule has 0 amide bonds. The molecule has 114 valence electrons. The molecule has 2 unspecified atom stereocenters. The molecule has 3 heteroatoms. The highest BCUT2D eigenvalue weighted by Gasteiger charge is 2.11. The molecule has 0 heterocycles. The first-order valence-corrected chi connectivity index (χ1v) is 10.3. The van der Waals surface area contributed by atoms with Crippen molar-refractivity contribution < 1.29 is 4.57 Å². The van der Waals surface area contributed by atoms with Crippen LogP contribution in [0.15, 0.2) is 66.7 Å². The Hall–Kier alpha value is -1.68. The fraction of sp³-hybridized carbons (Fsp3) is 0.100. The Morgan fingerprint density at radius 2 is 1.48 bits per heavy atom. The molecule has 0 radical (unpaired) electrons. The smallest absolute Gasteiger partial charge is 0.105 e. The van der Waals surface area contributed by atoms with Crippen molar-refractivity contribution >= 4 is 54.7 Å². The van der Waals surface area contributed by atoms with Gasteiger partial charge in [-0.1, -0.05) is 54.6 Å². The zero-order valence-corrected chi connectivity index (χ0v) is 14.9. The van der Waals surface area contributed by atoms with Crippen molar-refractivity contribution in [2.75, 3.05) is 12.3 Å². The van der Waals surface area contributed by atoms with Gasteiger partial charge in [0.05, 0.1) is 0 Å². The van der Waals surface area contributed by atoms with E-state index in [1.165, 1.54) is 26.9 Å². The molecule has 1 nitrogen and oxygen atoms in total. The Kier molecular flexibility index (Phi) is 3.93. The molecule has 0 saturated heterocycles. The SMILES string of the molecule is O=[PH](CCP)c1cccc2ccc3cc4ccccc4cc3c12. The minimum Gasteiger partial charge on any atom is -0.322 e. The molecule has 0 bridgehead atoms. The van der Waals surface area contributed by atoms with Gasteiger partial charge in [-0.05, 0) is 50.6 Å². The molecule has 0 saturated carbocycles. The molecule has 0 N–H and O–H groups in total. The Morgan fingerprint density at radius 3 is 2.26 bits per heavy atom. The first kappa shape index (κ1) is 14.9. The van der Waals surface area contributed by atoms with Crippen LogP contribution in [0.3, 0.4) is 0 Å². The number of hydrogen-bond acceptors (Lipinski definition) is 1. The summed E-state index contributed by atoms with van der Waals surface area (Å²) in [6, 6.07) is 23.4. The summed E-state index contributed by atoms with van der Waals surface area (Å²) in [5.74, 6) is 0. The van der Waals surface area contributed by atoms with Gasteiger partial charge in [-0.3, -0.25) is 0 Å². The molecule has 0 aliphatic carbocycles. The minimum absolute atomic E-state index is 0.748. The summed E-state index contributed by atoms with van der Waals surface area (Å²) >= 11 is 0. The van der Waals surface area contributed by atoms with E-state index in [1.54, 1.807) is 0 Å². The third-order valence-electron chi connectivity index (χ3n) is 4.40. The maximum absolute atomic E-state index is 12.7. The third-order valence-corrected chi connectivity index (χ3v) is 7.02. The van der Waals surface area contributed by atoms with Crippen LogP contribution < -0.4 is 5.30 Å². The number of fused-ring (bicyclic) bond motifs is 4. The van der Waals surface area contributed by atoms with Crippen LogP contribution in [0.1, 0.15) is 0 Å². The van der Waals surface area contributed by atoms with E-state index in [-0.39, 0.29) is 0 Å². The Labute approximate surface area is 138 Å². The lowest BCUT2D eigenvalue weighted by molar-refractivity contribution is 0.594. The van der Waals surface area contributed by atoms with Gasteiger partial charge in [-0.2, -0.15) is 0 Å². The van der Waals surface area contributed by atoms with Gasteiger partial charge < -0.3 is 4.57 Å². The molecule has 4 aromatic rings. The zero-order chi connectivity index (χ0) is 15.8. The van der Waals surface area contributed by atoms with Crippen LogP contribution in [0.5, 0.6) is 0 Å². The average Bonchev–Trinajstić information content (AvgIpc) is 2.59. The molecule has 4 aromatic carbocycles. The van der Waals surface area contributed by atoms with Crippen LogP contribution in [0.4, 0.5) is 0 Å². The van der Waals surface area contributed by atoms with Crippen molar-refractivity contribution in [1.82, 2.24) is 0 Å². The quantitative estimate of drug-likeness (QED) is 0.285. The predicted molar refractivity (Wildman–Crippen MR) is 107 cm³/mol. The highest BCUT2D eigenvalue weighted by Crippen LogP contribution is 2.33. The van der Waals surface area contributed by atoms with Crippen LogP contribution >= 0.6 is 17.0 Å². The summed E-state index contributed by atoms with van der Waals surface area (Å²) in [6.07, 6.45) is 1.63. The molecule has 0 spiro atoms. The Morgan fingerprint density at radius 1 is 0.783 bits per heavy atom. The molecule has 0 aromatic heterocycles. The van der Waals surface area contributed by atoms with Gasteiger partial charge in [0.2, 0.25) is 0 Å². The second kappa shape index (κ2) is 6.08. The van der Waals surface area contributed by atoms with Crippen molar-refractivity contribution in [1.29, 1.82) is 0 Å². The van der Waals surface area contributed by atoms with E-state index in [2.05, 4.69) is 63.8 Å². The summed E-state index contributed by atoms with van der Waals surface area (Å²) in [5, 5.41) is 8.26. The molecule has 2 atom stereocenters. The van der Waals surface area contributed by atoms with Gasteiger partial charge in [0.1, 0.15) is 7.80 Å². The summed E-state index contributed by atoms with van der Waals surface area (Å²) in [7, 11) is 0.927. The minimum atomic E-state index is -1.76. The van der Waals surface area contributed by atoms with Gasteiger partial charge in [-0.15, -0.1) is 9.24 Å². The summed E-state index contributed by atoms with van der Waals surface area (Å²) in [6.45, 7) is 0. The maximum atomic E-state index is 12.7. The van der Waals surface area contributed by atoms with Crippen molar-refractivity contribution in [3.63, 3.8) is 0 Å². The van der Waals surface area contributed by atoms with E-state index in [4.69, 9.17) is 0 Å². The largest absolute Gasteiger partial charge is 0.322 e. The zero-order valence-electron chi connectivity index (χ0n) is 12.8. The topological polar surface area (TPSA) is 17.1 Å². The second-order valence-electron chi connectivity index (χ2n) is 5.85. The van der Waals surface area contributed by atoms with Gasteiger partial charge >= 0.3 is 0 Å². The molecule has 23 heavy (non-hydrogen) atoms. The lowest BCUT2D eigenvalue weighted by Crippen LogP contribution is -2.01. The number of benzene rings is 4. The van der Waals surface area contributed by atoms with Crippen LogP contribution in [0, 0.1) is 0 Å². The second-order valence-corrected chi connectivity index (χ2v) is 8.31. The van der Waals surface area contributed by atoms with Crippen molar-refractivity contribution in [3.05, 3.63) is 66.7 Å². The number of rotatable bonds is 3. The van der Waals surface area contributed by atoms with Gasteiger partial charge in [-0.25, -0.2) is 0 Å². The maximum Gasteiger partial charge on any atom is 0.105 e. The molecular formula is C20H18OP2. The molecule has 0 fully saturated rings. The average molecular weight is 336 g/mol. The standard InChI is InChI=1S/C20H18OP2/c21-23(11-10-22)19-7-3-6-14-8-9-17-12-15-4-1-2-5-16(15)13-18(17)20(14)19/h1-9,12-13,23H,10-11,22H2. The fourth-order valence-corrected chi connectivity index (χ4v) is 5.46. The predicted octanol–water partition coefficient (Wildman–Crippen LogP) is 5.21. The van der Waals surface area contributed by atoms with E-state index in [0.717, 1.165) is 23.0 Å². The highest BCUT2D eigenvalue weighted by atomic mass is 31.1. The lowest BCUT2D eigenvalue weighted by atomic mass is 9.98. The van der Waals surface area contributed by atoms with Gasteiger partial charge in [0, 0.05) is 11.5 Å². The van der Waals surface area contributed by atoms with Crippen LogP contribution in [-0.2, 0) is 4.57 Å². The third kappa shape index (κ3) is 2.59. The first-order valence-electron chi connectivity index (χ1n) is 7.85. The number of hydrogen-bond donors (Lipinski definition) is 0. The fourth-order valence-electron chi connectivity index (χ4n) is 3.30. The molecular weight excluding hydrogens is 318 g/mol. The van der Waals surface area contributed by atoms with Crippen molar-refractivity contribution in [3.8, 4) is 0 Å². The van der Waals surface area contributed by atoms with Gasteiger partial charge in [0.15, 0.2) is 0 Å². The highest BCUT2D eigenvalue weighted by molar-refractivity contribution is 7.54. The van der Waals surface area contributed by atoms with Crippen LogP contribution in [0.2, 0.25) is 0 Å². The molecule has 0 aliphatic rings. The van der Waals surface area contributed by atoms with E-state index < -0.39 is 7.80 Å². The molecule has 4 rings (SSSR count). The summed E-state index contributed by atoms with van der Waals surface area (Å²) in [5.41, 5.74) is 0. The van der Waals surface area contributed by atoms with E-state index in [0.29, 0.717) is 0 Å². The monoisotopic (exact) mass is 336 g/mol. The first-order chi connectivity index (χ1) is 11.3. The Balaban J connectivity index is 2.13. The summed E-state index contributed by atoms with van der Waals surface area (Å²) in [4.78, 5) is 0. The molecule has 0 aliphatic heterocycles. The summed E-state index contributed by atoms with van der Waals surface area (Å²) < 4.78 is 12.7. The Bertz CT molecular complexity index is 1050. The van der Waals surface area contributed by atoms with Gasteiger partial charge in [0.25, 0.3) is 0 Å². The van der Waals surface area contributed by atoms with Crippen LogP contribution in [-0.4, -0.2) is 12.3 Å². The lowest BCUT2D eigenvalue weighted by Gasteiger charge is -2.11. The normalized spacial score (nSPS) is 12.9. The van der Waals surface area contributed by atoms with Crippen LogP contribution in [0.25, 0.3) is 32.3 Å². The van der Waals surface area contributed by atoms with Crippen molar-refractivity contribution in [2.24, 2.45) is 0 Å². The van der Waals surface area contributed by atoms with E-state index in [1.807, 2.05) is 12.1 Å².